The number of carbonyl (C=O) groups is 1. The van der Waals surface area contributed by atoms with E-state index in [-0.39, 0.29) is 29.9 Å². The van der Waals surface area contributed by atoms with Crippen molar-refractivity contribution in [2.45, 2.75) is 25.9 Å². The van der Waals surface area contributed by atoms with Gasteiger partial charge in [0, 0.05) is 18.0 Å². The number of amides is 1. The highest BCUT2D eigenvalue weighted by atomic mass is 19.3. The molecule has 31 heavy (non-hydrogen) atoms. The third-order valence-corrected chi connectivity index (χ3v) is 4.84. The Morgan fingerprint density at radius 2 is 1.52 bits per heavy atom. The smallest absolute Gasteiger partial charge is 0.387 e. The highest BCUT2D eigenvalue weighted by Gasteiger charge is 2.17. The molecule has 0 aliphatic heterocycles. The van der Waals surface area contributed by atoms with Gasteiger partial charge in [-0.05, 0) is 42.7 Å². The zero-order valence-electron chi connectivity index (χ0n) is 17.3. The Balaban J connectivity index is 1.68. The molecule has 0 aliphatic carbocycles. The highest BCUT2D eigenvalue weighted by molar-refractivity contribution is 5.94. The van der Waals surface area contributed by atoms with E-state index >= 15 is 0 Å². The first-order chi connectivity index (χ1) is 15.1. The first-order valence-corrected chi connectivity index (χ1v) is 10.2. The van der Waals surface area contributed by atoms with Crippen LogP contribution in [0.25, 0.3) is 0 Å². The van der Waals surface area contributed by atoms with Crippen molar-refractivity contribution in [2.75, 3.05) is 13.2 Å². The maximum absolute atomic E-state index is 12.6. The maximum Gasteiger partial charge on any atom is 0.387 e. The highest BCUT2D eigenvalue weighted by Crippen LogP contribution is 2.30. The molecule has 0 heterocycles. The number of benzene rings is 3. The van der Waals surface area contributed by atoms with Gasteiger partial charge in [0.15, 0.2) is 11.5 Å². The summed E-state index contributed by atoms with van der Waals surface area (Å²) in [6.45, 7) is -0.522. The molecule has 3 aromatic carbocycles. The maximum atomic E-state index is 12.6. The second-order valence-electron chi connectivity index (χ2n) is 6.89. The van der Waals surface area contributed by atoms with Crippen LogP contribution < -0.4 is 14.8 Å². The molecule has 162 valence electrons. The van der Waals surface area contributed by atoms with Gasteiger partial charge in [0.25, 0.3) is 5.91 Å². The Morgan fingerprint density at radius 3 is 2.06 bits per heavy atom. The van der Waals surface area contributed by atoms with Gasteiger partial charge >= 0.3 is 6.61 Å². The van der Waals surface area contributed by atoms with E-state index in [0.29, 0.717) is 18.5 Å². The average Bonchev–Trinajstić information content (AvgIpc) is 2.79. The van der Waals surface area contributed by atoms with E-state index in [2.05, 4.69) is 34.3 Å². The Morgan fingerprint density at radius 1 is 0.903 bits per heavy atom. The summed E-state index contributed by atoms with van der Waals surface area (Å²) in [5.74, 6) is -0.142. The van der Waals surface area contributed by atoms with Crippen LogP contribution in [0.4, 0.5) is 8.78 Å². The van der Waals surface area contributed by atoms with Crippen LogP contribution in [0.3, 0.4) is 0 Å². The second kappa shape index (κ2) is 11.1. The van der Waals surface area contributed by atoms with Gasteiger partial charge in [-0.15, -0.1) is 0 Å². The fourth-order valence-corrected chi connectivity index (χ4v) is 3.44. The summed E-state index contributed by atoms with van der Waals surface area (Å²) < 4.78 is 34.9. The molecular formula is C25H25F2NO3. The lowest BCUT2D eigenvalue weighted by Gasteiger charge is -2.18. The summed E-state index contributed by atoms with van der Waals surface area (Å²) >= 11 is 0. The molecule has 1 amide bonds. The molecular weight excluding hydrogens is 400 g/mol. The van der Waals surface area contributed by atoms with Crippen LogP contribution in [0.5, 0.6) is 11.5 Å². The molecule has 0 spiro atoms. The molecule has 0 radical (unpaired) electrons. The molecule has 4 nitrogen and oxygen atoms in total. The Kier molecular flexibility index (Phi) is 7.98. The Bertz CT molecular complexity index is 926. The van der Waals surface area contributed by atoms with Gasteiger partial charge in [-0.2, -0.15) is 8.78 Å². The topological polar surface area (TPSA) is 47.6 Å². The quantitative estimate of drug-likeness (QED) is 0.457. The minimum absolute atomic E-state index is 0.0957. The zero-order valence-corrected chi connectivity index (χ0v) is 17.3. The van der Waals surface area contributed by atoms with Gasteiger partial charge < -0.3 is 14.8 Å². The SMILES string of the molecule is CCOc1cc(C(=O)NCCC(c2ccccc2)c2ccccc2)ccc1OC(F)F. The average molecular weight is 425 g/mol. The lowest BCUT2D eigenvalue weighted by molar-refractivity contribution is -0.0514. The van der Waals surface area contributed by atoms with Crippen molar-refractivity contribution < 1.29 is 23.0 Å². The van der Waals surface area contributed by atoms with Gasteiger partial charge in [0.2, 0.25) is 0 Å². The molecule has 0 saturated heterocycles. The van der Waals surface area contributed by atoms with Gasteiger partial charge in [-0.3, -0.25) is 4.79 Å². The van der Waals surface area contributed by atoms with E-state index in [9.17, 15) is 13.6 Å². The van der Waals surface area contributed by atoms with Gasteiger partial charge in [0.1, 0.15) is 0 Å². The minimum Gasteiger partial charge on any atom is -0.490 e. The number of ether oxygens (including phenoxy) is 2. The normalized spacial score (nSPS) is 10.9. The van der Waals surface area contributed by atoms with Crippen LogP contribution in [-0.2, 0) is 0 Å². The van der Waals surface area contributed by atoms with Gasteiger partial charge in [0.05, 0.1) is 6.61 Å². The summed E-state index contributed by atoms with van der Waals surface area (Å²) in [5, 5.41) is 2.92. The summed E-state index contributed by atoms with van der Waals surface area (Å²) in [4.78, 5) is 12.6. The van der Waals surface area contributed by atoms with Crippen molar-refractivity contribution in [3.8, 4) is 11.5 Å². The monoisotopic (exact) mass is 425 g/mol. The van der Waals surface area contributed by atoms with Crippen molar-refractivity contribution in [1.29, 1.82) is 0 Å². The number of halogens is 2. The second-order valence-corrected chi connectivity index (χ2v) is 6.89. The molecule has 0 fully saturated rings. The molecule has 0 saturated carbocycles. The van der Waals surface area contributed by atoms with Crippen molar-refractivity contribution in [3.63, 3.8) is 0 Å². The third kappa shape index (κ3) is 6.28. The number of carbonyl (C=O) groups excluding carboxylic acids is 1. The third-order valence-electron chi connectivity index (χ3n) is 4.84. The van der Waals surface area contributed by atoms with E-state index in [1.54, 1.807) is 6.92 Å². The summed E-state index contributed by atoms with van der Waals surface area (Å²) in [5.41, 5.74) is 2.67. The predicted octanol–water partition coefficient (Wildman–Crippen LogP) is 5.64. The number of nitrogens with one attached hydrogen (secondary N) is 1. The van der Waals surface area contributed by atoms with E-state index in [0.717, 1.165) is 0 Å². The fraction of sp³-hybridized carbons (Fsp3) is 0.240. The molecule has 0 aliphatic rings. The van der Waals surface area contributed by atoms with Crippen molar-refractivity contribution >= 4 is 5.91 Å². The summed E-state index contributed by atoms with van der Waals surface area (Å²) in [7, 11) is 0. The van der Waals surface area contributed by atoms with E-state index in [1.807, 2.05) is 36.4 Å². The van der Waals surface area contributed by atoms with E-state index in [1.165, 1.54) is 29.3 Å². The molecule has 0 aromatic heterocycles. The molecule has 3 aromatic rings. The van der Waals surface area contributed by atoms with Crippen molar-refractivity contribution in [1.82, 2.24) is 5.32 Å². The van der Waals surface area contributed by atoms with Crippen LogP contribution in [0.15, 0.2) is 78.9 Å². The summed E-state index contributed by atoms with van der Waals surface area (Å²) in [6, 6.07) is 24.5. The van der Waals surface area contributed by atoms with Gasteiger partial charge in [-0.25, -0.2) is 0 Å². The Labute approximate surface area is 180 Å². The van der Waals surface area contributed by atoms with Crippen LogP contribution in [0.2, 0.25) is 0 Å². The molecule has 0 bridgehead atoms. The zero-order chi connectivity index (χ0) is 22.1. The molecule has 3 rings (SSSR count). The van der Waals surface area contributed by atoms with Gasteiger partial charge in [-0.1, -0.05) is 60.7 Å². The van der Waals surface area contributed by atoms with Crippen molar-refractivity contribution in [2.24, 2.45) is 0 Å². The number of rotatable bonds is 10. The standard InChI is InChI=1S/C25H25F2NO3/c1-2-30-23-17-20(13-14-22(23)31-25(26)27)24(29)28-16-15-21(18-9-5-3-6-10-18)19-11-7-4-8-12-19/h3-14,17,21,25H,2,15-16H2,1H3,(H,28,29). The van der Waals surface area contributed by atoms with Crippen LogP contribution >= 0.6 is 0 Å². The van der Waals surface area contributed by atoms with Crippen molar-refractivity contribution in [3.05, 3.63) is 95.6 Å². The molecule has 1 N–H and O–H groups in total. The predicted molar refractivity (Wildman–Crippen MR) is 116 cm³/mol. The number of hydrogen-bond acceptors (Lipinski definition) is 3. The summed E-state index contributed by atoms with van der Waals surface area (Å²) in [6.07, 6.45) is 0.713. The van der Waals surface area contributed by atoms with E-state index in [4.69, 9.17) is 4.74 Å². The first-order valence-electron chi connectivity index (χ1n) is 10.2. The molecule has 0 atom stereocenters. The lowest BCUT2D eigenvalue weighted by atomic mass is 9.88. The number of alkyl halides is 2. The fourth-order valence-electron chi connectivity index (χ4n) is 3.44. The Hall–Kier alpha value is -3.41. The largest absolute Gasteiger partial charge is 0.490 e. The first kappa shape index (κ1) is 22.3. The molecule has 6 heteroatoms. The number of hydrogen-bond donors (Lipinski definition) is 1. The van der Waals surface area contributed by atoms with Crippen LogP contribution in [-0.4, -0.2) is 25.7 Å². The van der Waals surface area contributed by atoms with E-state index < -0.39 is 6.61 Å². The molecule has 0 unspecified atom stereocenters. The van der Waals surface area contributed by atoms with Crippen LogP contribution in [0.1, 0.15) is 40.7 Å². The minimum atomic E-state index is -2.97. The van der Waals surface area contributed by atoms with Crippen LogP contribution in [0, 0.1) is 0 Å². The lowest BCUT2D eigenvalue weighted by Crippen LogP contribution is -2.26.